The number of aromatic hydroxyl groups is 1. The lowest BCUT2D eigenvalue weighted by Crippen LogP contribution is -2.30. The highest BCUT2D eigenvalue weighted by Gasteiger charge is 2.10. The van der Waals surface area contributed by atoms with E-state index in [-0.39, 0.29) is 0 Å². The Hall–Kier alpha value is -1.02. The Morgan fingerprint density at radius 1 is 1.12 bits per heavy atom. The smallest absolute Gasteiger partial charge is 0.115 e. The first-order valence-corrected chi connectivity index (χ1v) is 6.30. The van der Waals surface area contributed by atoms with Gasteiger partial charge in [-0.15, -0.1) is 0 Å². The van der Waals surface area contributed by atoms with Crippen LogP contribution in [0.3, 0.4) is 0 Å². The van der Waals surface area contributed by atoms with Crippen LogP contribution in [0.1, 0.15) is 39.0 Å². The second kappa shape index (κ2) is 8.17. The zero-order valence-electron chi connectivity index (χ0n) is 10.2. The predicted octanol–water partition coefficient (Wildman–Crippen LogP) is 3.32. The number of benzene rings is 1. The Morgan fingerprint density at radius 3 is 2.19 bits per heavy atom. The predicted molar refractivity (Wildman–Crippen MR) is 68.7 cm³/mol. The van der Waals surface area contributed by atoms with Crippen molar-refractivity contribution in [3.05, 3.63) is 30.3 Å². The first-order chi connectivity index (χ1) is 7.83. The fraction of sp³-hybridized carbons (Fsp3) is 0.571. The quantitative estimate of drug-likeness (QED) is 0.803. The lowest BCUT2D eigenvalue weighted by atomic mass is 9.96. The fourth-order valence-electron chi connectivity index (χ4n) is 2.02. The third kappa shape index (κ3) is 5.76. The van der Waals surface area contributed by atoms with Crippen LogP contribution < -0.4 is 5.32 Å². The third-order valence-electron chi connectivity index (χ3n) is 2.85. The molecular weight excluding hydrogens is 198 g/mol. The lowest BCUT2D eigenvalue weighted by molar-refractivity contribution is 0.380. The topological polar surface area (TPSA) is 32.3 Å². The summed E-state index contributed by atoms with van der Waals surface area (Å²) in [7, 11) is 0. The van der Waals surface area contributed by atoms with Crippen LogP contribution in [0, 0.1) is 0 Å². The molecule has 0 atom stereocenters. The van der Waals surface area contributed by atoms with Crippen molar-refractivity contribution in [2.75, 3.05) is 6.54 Å². The Balaban J connectivity index is 0.000000165. The second-order valence-corrected chi connectivity index (χ2v) is 4.23. The van der Waals surface area contributed by atoms with E-state index in [2.05, 4.69) is 12.2 Å². The number of phenolic OH excluding ortho intramolecular Hbond substituents is 1. The number of nitrogens with one attached hydrogen (secondary N) is 1. The summed E-state index contributed by atoms with van der Waals surface area (Å²) in [6.45, 7) is 3.33. The van der Waals surface area contributed by atoms with Crippen molar-refractivity contribution >= 4 is 0 Å². The Kier molecular flexibility index (Phi) is 6.66. The molecule has 0 heterocycles. The van der Waals surface area contributed by atoms with E-state index in [4.69, 9.17) is 5.11 Å². The summed E-state index contributed by atoms with van der Waals surface area (Å²) in [5.74, 6) is 0.322. The zero-order chi connectivity index (χ0) is 11.6. The SMILES string of the molecule is CCNC1CCCCC1.Oc1ccccc1. The first-order valence-electron chi connectivity index (χ1n) is 6.30. The number of hydrogen-bond donors (Lipinski definition) is 2. The van der Waals surface area contributed by atoms with Gasteiger partial charge in [-0.3, -0.25) is 0 Å². The average molecular weight is 221 g/mol. The summed E-state index contributed by atoms with van der Waals surface area (Å²) in [4.78, 5) is 0. The molecule has 1 fully saturated rings. The highest BCUT2D eigenvalue weighted by Crippen LogP contribution is 2.16. The van der Waals surface area contributed by atoms with Crippen LogP contribution in [-0.2, 0) is 0 Å². The van der Waals surface area contributed by atoms with Crippen LogP contribution in [0.2, 0.25) is 0 Å². The molecule has 1 aliphatic carbocycles. The number of hydrogen-bond acceptors (Lipinski definition) is 2. The van der Waals surface area contributed by atoms with Crippen molar-refractivity contribution in [1.82, 2.24) is 5.32 Å². The van der Waals surface area contributed by atoms with Gasteiger partial charge in [0.25, 0.3) is 0 Å². The molecule has 16 heavy (non-hydrogen) atoms. The van der Waals surface area contributed by atoms with Crippen molar-refractivity contribution in [2.45, 2.75) is 45.1 Å². The highest BCUT2D eigenvalue weighted by molar-refractivity contribution is 5.18. The van der Waals surface area contributed by atoms with E-state index in [1.807, 2.05) is 6.07 Å². The van der Waals surface area contributed by atoms with E-state index in [1.54, 1.807) is 24.3 Å². The van der Waals surface area contributed by atoms with E-state index in [0.29, 0.717) is 5.75 Å². The Morgan fingerprint density at radius 2 is 1.75 bits per heavy atom. The summed E-state index contributed by atoms with van der Waals surface area (Å²) < 4.78 is 0. The largest absolute Gasteiger partial charge is 0.508 e. The first kappa shape index (κ1) is 13.0. The molecule has 1 aromatic carbocycles. The van der Waals surface area contributed by atoms with Gasteiger partial charge >= 0.3 is 0 Å². The molecule has 0 spiro atoms. The average Bonchev–Trinajstić information content (AvgIpc) is 2.33. The molecule has 0 aromatic heterocycles. The summed E-state index contributed by atoms with van der Waals surface area (Å²) in [6, 6.07) is 9.56. The molecule has 2 rings (SSSR count). The molecule has 2 N–H and O–H groups in total. The highest BCUT2D eigenvalue weighted by atomic mass is 16.3. The summed E-state index contributed by atoms with van der Waals surface area (Å²) in [5, 5.41) is 12.1. The van der Waals surface area contributed by atoms with Crippen LogP contribution in [0.4, 0.5) is 0 Å². The maximum absolute atomic E-state index is 8.63. The lowest BCUT2D eigenvalue weighted by Gasteiger charge is -2.21. The van der Waals surface area contributed by atoms with Crippen LogP contribution >= 0.6 is 0 Å². The van der Waals surface area contributed by atoms with Crippen LogP contribution in [0.5, 0.6) is 5.75 Å². The van der Waals surface area contributed by atoms with Gasteiger partial charge in [0.2, 0.25) is 0 Å². The standard InChI is InChI=1S/C8H17N.C6H6O/c1-2-9-8-6-4-3-5-7-8;7-6-4-2-1-3-5-6/h8-9H,2-7H2,1H3;1-5,7H. The van der Waals surface area contributed by atoms with E-state index < -0.39 is 0 Å². The van der Waals surface area contributed by atoms with Gasteiger partial charge in [0.1, 0.15) is 5.75 Å². The van der Waals surface area contributed by atoms with Crippen molar-refractivity contribution in [1.29, 1.82) is 0 Å². The van der Waals surface area contributed by atoms with Gasteiger partial charge in [0.05, 0.1) is 0 Å². The number of phenols is 1. The molecule has 90 valence electrons. The molecule has 0 aliphatic heterocycles. The van der Waals surface area contributed by atoms with E-state index in [0.717, 1.165) is 12.6 Å². The van der Waals surface area contributed by atoms with Gasteiger partial charge < -0.3 is 10.4 Å². The second-order valence-electron chi connectivity index (χ2n) is 4.23. The molecular formula is C14H23NO. The molecule has 0 unspecified atom stereocenters. The monoisotopic (exact) mass is 221 g/mol. The molecule has 1 saturated carbocycles. The van der Waals surface area contributed by atoms with Gasteiger partial charge in [-0.2, -0.15) is 0 Å². The molecule has 2 heteroatoms. The van der Waals surface area contributed by atoms with Crippen molar-refractivity contribution in [2.24, 2.45) is 0 Å². The van der Waals surface area contributed by atoms with Crippen LogP contribution in [0.15, 0.2) is 30.3 Å². The Labute approximate surface area is 98.7 Å². The molecule has 2 nitrogen and oxygen atoms in total. The fourth-order valence-corrected chi connectivity index (χ4v) is 2.02. The molecule has 0 amide bonds. The van der Waals surface area contributed by atoms with E-state index >= 15 is 0 Å². The van der Waals surface area contributed by atoms with Gasteiger partial charge in [-0.1, -0.05) is 44.4 Å². The number of para-hydroxylation sites is 1. The van der Waals surface area contributed by atoms with Gasteiger partial charge in [0.15, 0.2) is 0 Å². The summed E-state index contributed by atoms with van der Waals surface area (Å²) in [6.07, 6.45) is 7.17. The van der Waals surface area contributed by atoms with Gasteiger partial charge in [-0.05, 0) is 31.5 Å². The maximum Gasteiger partial charge on any atom is 0.115 e. The summed E-state index contributed by atoms with van der Waals surface area (Å²) in [5.41, 5.74) is 0. The molecule has 1 aliphatic rings. The molecule has 0 saturated heterocycles. The third-order valence-corrected chi connectivity index (χ3v) is 2.85. The molecule has 1 aromatic rings. The molecule has 0 bridgehead atoms. The normalized spacial score (nSPS) is 16.3. The zero-order valence-corrected chi connectivity index (χ0v) is 10.2. The van der Waals surface area contributed by atoms with E-state index in [1.165, 1.54) is 32.1 Å². The minimum Gasteiger partial charge on any atom is -0.508 e. The minimum absolute atomic E-state index is 0.322. The maximum atomic E-state index is 8.63. The van der Waals surface area contributed by atoms with Crippen molar-refractivity contribution < 1.29 is 5.11 Å². The summed E-state index contributed by atoms with van der Waals surface area (Å²) >= 11 is 0. The van der Waals surface area contributed by atoms with Gasteiger partial charge in [0, 0.05) is 6.04 Å². The molecule has 0 radical (unpaired) electrons. The van der Waals surface area contributed by atoms with Crippen molar-refractivity contribution in [3.63, 3.8) is 0 Å². The van der Waals surface area contributed by atoms with Crippen molar-refractivity contribution in [3.8, 4) is 5.75 Å². The van der Waals surface area contributed by atoms with Crippen LogP contribution in [-0.4, -0.2) is 17.7 Å². The minimum atomic E-state index is 0.322. The Bertz CT molecular complexity index is 252. The van der Waals surface area contributed by atoms with Crippen LogP contribution in [0.25, 0.3) is 0 Å². The number of rotatable bonds is 2. The van der Waals surface area contributed by atoms with E-state index in [9.17, 15) is 0 Å². The van der Waals surface area contributed by atoms with Gasteiger partial charge in [-0.25, -0.2) is 0 Å².